The Morgan fingerprint density at radius 2 is 1.97 bits per heavy atom. The van der Waals surface area contributed by atoms with Crippen molar-refractivity contribution in [2.45, 2.75) is 18.9 Å². The molecule has 0 aliphatic carbocycles. The molecule has 8 heteroatoms. The van der Waals surface area contributed by atoms with Gasteiger partial charge in [0.15, 0.2) is 11.5 Å². The van der Waals surface area contributed by atoms with Gasteiger partial charge in [-0.2, -0.15) is 5.26 Å². The first-order chi connectivity index (χ1) is 16.0. The number of nitrogens with zero attached hydrogens (tertiary/aromatic N) is 4. The number of benzene rings is 2. The summed E-state index contributed by atoms with van der Waals surface area (Å²) in [5, 5.41) is 19.4. The van der Waals surface area contributed by atoms with Crippen molar-refractivity contribution in [3.63, 3.8) is 0 Å². The molecule has 0 radical (unpaired) electrons. The second-order valence-electron chi connectivity index (χ2n) is 7.85. The number of hydrogen-bond donors (Lipinski definition) is 2. The molecule has 2 aromatic carbocycles. The van der Waals surface area contributed by atoms with Crippen LogP contribution in [0.1, 0.15) is 18.4 Å². The summed E-state index contributed by atoms with van der Waals surface area (Å²) in [6.07, 6.45) is 3.20. The van der Waals surface area contributed by atoms with Crippen LogP contribution in [0.15, 0.2) is 42.6 Å². The molecule has 1 aromatic heterocycles. The number of methoxy groups -OCH3 is 1. The molecule has 33 heavy (non-hydrogen) atoms. The van der Waals surface area contributed by atoms with E-state index in [1.807, 2.05) is 11.0 Å². The lowest BCUT2D eigenvalue weighted by Crippen LogP contribution is -2.40. The molecule has 2 heterocycles. The summed E-state index contributed by atoms with van der Waals surface area (Å²) in [4.78, 5) is 10.4. The number of halogens is 1. The minimum absolute atomic E-state index is 0.0644. The Morgan fingerprint density at radius 3 is 2.58 bits per heavy atom. The number of aromatic hydroxyl groups is 1. The minimum atomic E-state index is -0.670. The van der Waals surface area contributed by atoms with Crippen LogP contribution in [0.4, 0.5) is 15.9 Å². The van der Waals surface area contributed by atoms with Gasteiger partial charge in [-0.25, -0.2) is 9.24 Å². The maximum atomic E-state index is 14.6. The van der Waals surface area contributed by atoms with Crippen LogP contribution in [0.25, 0.3) is 27.1 Å². The van der Waals surface area contributed by atoms with Crippen molar-refractivity contribution in [3.8, 4) is 39.8 Å². The predicted molar refractivity (Wildman–Crippen MR) is 124 cm³/mol. The standard InChI is InChI=1S/C25H22FN5O2/c1-29-24-23(16-3-4-17(13-27)20(26)11-16)19(15-5-6-22(33-2)21(32)12-15)14-30-25(24)31-9-7-18(28)8-10-31/h3-6,11-12,14,18,32H,7-10,28H2,2H3. The van der Waals surface area contributed by atoms with Crippen LogP contribution in [-0.4, -0.2) is 36.3 Å². The number of nitriles is 1. The Morgan fingerprint density at radius 1 is 1.24 bits per heavy atom. The Balaban J connectivity index is 1.95. The van der Waals surface area contributed by atoms with Crippen LogP contribution in [0, 0.1) is 23.7 Å². The molecule has 0 spiro atoms. The van der Waals surface area contributed by atoms with Gasteiger partial charge in [0.1, 0.15) is 17.7 Å². The van der Waals surface area contributed by atoms with Crippen molar-refractivity contribution in [1.29, 1.82) is 5.26 Å². The van der Waals surface area contributed by atoms with Crippen molar-refractivity contribution in [1.82, 2.24) is 4.98 Å². The van der Waals surface area contributed by atoms with Crippen LogP contribution in [0.3, 0.4) is 0 Å². The number of phenolic OH excluding ortho intramolecular Hbond substituents is 1. The van der Waals surface area contributed by atoms with E-state index in [2.05, 4.69) is 9.83 Å². The third-order valence-electron chi connectivity index (χ3n) is 5.85. The van der Waals surface area contributed by atoms with Gasteiger partial charge in [-0.1, -0.05) is 12.1 Å². The van der Waals surface area contributed by atoms with Gasteiger partial charge in [-0.15, -0.1) is 0 Å². The summed E-state index contributed by atoms with van der Waals surface area (Å²) in [6, 6.07) is 11.1. The van der Waals surface area contributed by atoms with Crippen LogP contribution in [-0.2, 0) is 0 Å². The molecule has 0 bridgehead atoms. The van der Waals surface area contributed by atoms with Crippen molar-refractivity contribution >= 4 is 11.5 Å². The monoisotopic (exact) mass is 443 g/mol. The van der Waals surface area contributed by atoms with Gasteiger partial charge in [0.05, 0.1) is 19.2 Å². The Labute approximate surface area is 191 Å². The molecule has 1 aliphatic heterocycles. The van der Waals surface area contributed by atoms with E-state index in [0.29, 0.717) is 46.9 Å². The highest BCUT2D eigenvalue weighted by atomic mass is 19.1. The summed E-state index contributed by atoms with van der Waals surface area (Å²) in [5.74, 6) is 0.0877. The first kappa shape index (κ1) is 22.1. The number of ether oxygens (including phenoxy) is 1. The first-order valence-electron chi connectivity index (χ1n) is 10.4. The number of nitrogens with two attached hydrogens (primary N) is 1. The fraction of sp³-hybridized carbons (Fsp3) is 0.240. The number of piperidine rings is 1. The SMILES string of the molecule is [C-]#[N+]c1c(N2CCC(N)CC2)ncc(-c2ccc(OC)c(O)c2)c1-c1ccc(C#N)c(F)c1. The second kappa shape index (κ2) is 9.15. The molecule has 1 fully saturated rings. The molecule has 166 valence electrons. The molecule has 0 amide bonds. The van der Waals surface area contributed by atoms with Gasteiger partial charge in [-0.05, 0) is 53.8 Å². The summed E-state index contributed by atoms with van der Waals surface area (Å²) < 4.78 is 19.7. The zero-order valence-corrected chi connectivity index (χ0v) is 18.0. The van der Waals surface area contributed by atoms with E-state index < -0.39 is 5.82 Å². The van der Waals surface area contributed by atoms with Gasteiger partial charge >= 0.3 is 0 Å². The van der Waals surface area contributed by atoms with Crippen molar-refractivity contribution < 1.29 is 14.2 Å². The van der Waals surface area contributed by atoms with Crippen molar-refractivity contribution in [2.24, 2.45) is 5.73 Å². The number of phenols is 1. The van der Waals surface area contributed by atoms with Crippen molar-refractivity contribution in [2.75, 3.05) is 25.1 Å². The normalized spacial score (nSPS) is 13.9. The van der Waals surface area contributed by atoms with Crippen LogP contribution in [0.2, 0.25) is 0 Å². The number of rotatable bonds is 4. The van der Waals surface area contributed by atoms with E-state index in [4.69, 9.17) is 22.3 Å². The first-order valence-corrected chi connectivity index (χ1v) is 10.4. The molecule has 3 aromatic rings. The molecule has 0 atom stereocenters. The lowest BCUT2D eigenvalue weighted by molar-refractivity contribution is 0.373. The van der Waals surface area contributed by atoms with E-state index >= 15 is 0 Å². The smallest absolute Gasteiger partial charge is 0.236 e. The van der Waals surface area contributed by atoms with Crippen molar-refractivity contribution in [3.05, 3.63) is 65.4 Å². The Hall–Kier alpha value is -4.14. The van der Waals surface area contributed by atoms with Crippen LogP contribution >= 0.6 is 0 Å². The fourth-order valence-corrected chi connectivity index (χ4v) is 4.07. The Bertz CT molecular complexity index is 1290. The summed E-state index contributed by atoms with van der Waals surface area (Å²) in [7, 11) is 1.46. The van der Waals surface area contributed by atoms with E-state index in [-0.39, 0.29) is 23.0 Å². The number of pyridine rings is 1. The topological polar surface area (TPSA) is 99.8 Å². The van der Waals surface area contributed by atoms with Gasteiger partial charge in [0.25, 0.3) is 0 Å². The Kier molecular flexibility index (Phi) is 6.12. The molecule has 1 aliphatic rings. The van der Waals surface area contributed by atoms with E-state index in [0.717, 1.165) is 12.8 Å². The minimum Gasteiger partial charge on any atom is -0.504 e. The highest BCUT2D eigenvalue weighted by Gasteiger charge is 2.25. The lowest BCUT2D eigenvalue weighted by Gasteiger charge is -2.32. The average Bonchev–Trinajstić information content (AvgIpc) is 2.83. The molecule has 3 N–H and O–H groups in total. The largest absolute Gasteiger partial charge is 0.504 e. The third kappa shape index (κ3) is 4.17. The zero-order valence-electron chi connectivity index (χ0n) is 18.0. The maximum absolute atomic E-state index is 14.6. The maximum Gasteiger partial charge on any atom is 0.236 e. The molecular formula is C25H22FN5O2. The lowest BCUT2D eigenvalue weighted by atomic mass is 9.93. The average molecular weight is 443 g/mol. The van der Waals surface area contributed by atoms with Gasteiger partial charge < -0.3 is 20.5 Å². The third-order valence-corrected chi connectivity index (χ3v) is 5.85. The summed E-state index contributed by atoms with van der Waals surface area (Å²) >= 11 is 0. The summed E-state index contributed by atoms with van der Waals surface area (Å²) in [6.45, 7) is 9.28. The molecular weight excluding hydrogens is 421 g/mol. The molecule has 1 saturated heterocycles. The predicted octanol–water partition coefficient (Wildman–Crippen LogP) is 4.62. The number of hydrogen-bond acceptors (Lipinski definition) is 6. The highest BCUT2D eigenvalue weighted by molar-refractivity contribution is 5.96. The quantitative estimate of drug-likeness (QED) is 0.571. The summed E-state index contributed by atoms with van der Waals surface area (Å²) in [5.41, 5.74) is 8.32. The van der Waals surface area contributed by atoms with Gasteiger partial charge in [0, 0.05) is 30.9 Å². The van der Waals surface area contributed by atoms with Crippen LogP contribution < -0.4 is 15.4 Å². The molecule has 0 unspecified atom stereocenters. The van der Waals surface area contributed by atoms with E-state index in [1.54, 1.807) is 24.4 Å². The van der Waals surface area contributed by atoms with E-state index in [1.165, 1.54) is 25.3 Å². The molecule has 0 saturated carbocycles. The van der Waals surface area contributed by atoms with E-state index in [9.17, 15) is 9.50 Å². The second-order valence-corrected chi connectivity index (χ2v) is 7.85. The fourth-order valence-electron chi connectivity index (χ4n) is 4.07. The number of aromatic nitrogens is 1. The molecule has 4 rings (SSSR count). The number of anilines is 1. The highest BCUT2D eigenvalue weighted by Crippen LogP contribution is 2.45. The molecule has 7 nitrogen and oxygen atoms in total. The van der Waals surface area contributed by atoms with Gasteiger partial charge in [-0.3, -0.25) is 4.98 Å². The zero-order chi connectivity index (χ0) is 23.5. The van der Waals surface area contributed by atoms with Crippen LogP contribution in [0.5, 0.6) is 11.5 Å². The van der Waals surface area contributed by atoms with Gasteiger partial charge in [0.2, 0.25) is 5.69 Å².